The van der Waals surface area contributed by atoms with Crippen LogP contribution in [0.15, 0.2) is 34.8 Å². The molecule has 0 bridgehead atoms. The van der Waals surface area contributed by atoms with E-state index >= 15 is 0 Å². The van der Waals surface area contributed by atoms with E-state index in [1.54, 1.807) is 12.1 Å². The van der Waals surface area contributed by atoms with Crippen LogP contribution in [0, 0.1) is 5.92 Å². The number of hydrogen-bond acceptors (Lipinski definition) is 3. The summed E-state index contributed by atoms with van der Waals surface area (Å²) in [5.41, 5.74) is 0.249. The number of nitrogens with one attached hydrogen (secondary N) is 1. The molecule has 0 aliphatic heterocycles. The van der Waals surface area contributed by atoms with Crippen LogP contribution in [-0.4, -0.2) is 28.8 Å². The second-order valence-corrected chi connectivity index (χ2v) is 5.22. The van der Waals surface area contributed by atoms with E-state index in [1.165, 1.54) is 6.07 Å². The van der Waals surface area contributed by atoms with Gasteiger partial charge in [-0.05, 0) is 24.6 Å². The monoisotopic (exact) mass is 311 g/mol. The number of hydrogen-bond donors (Lipinski definition) is 3. The molecule has 1 amide bonds. The molecule has 0 heterocycles. The molecular weight excluding hydrogens is 298 g/mol. The highest BCUT2D eigenvalue weighted by Crippen LogP contribution is 2.23. The molecule has 1 aliphatic carbocycles. The average Bonchev–Trinajstić information content (AvgIpc) is 2.76. The van der Waals surface area contributed by atoms with Crippen molar-refractivity contribution in [2.75, 3.05) is 6.61 Å². The van der Waals surface area contributed by atoms with Gasteiger partial charge in [0.25, 0.3) is 5.91 Å². The lowest BCUT2D eigenvalue weighted by molar-refractivity contribution is 0.0938. The first-order chi connectivity index (χ1) is 8.60. The number of benzene rings is 1. The molecule has 0 unspecified atom stereocenters. The first-order valence-electron chi connectivity index (χ1n) is 5.68. The normalized spacial score (nSPS) is 22.1. The Labute approximate surface area is 113 Å². The smallest absolute Gasteiger partial charge is 0.255 e. The molecule has 0 fully saturated rings. The van der Waals surface area contributed by atoms with Crippen LogP contribution in [0.4, 0.5) is 0 Å². The molecule has 1 aliphatic rings. The van der Waals surface area contributed by atoms with Crippen LogP contribution in [0.5, 0.6) is 5.75 Å². The van der Waals surface area contributed by atoms with Crippen LogP contribution in [0.3, 0.4) is 0 Å². The van der Waals surface area contributed by atoms with Gasteiger partial charge in [0.05, 0.1) is 5.56 Å². The summed E-state index contributed by atoms with van der Waals surface area (Å²) in [6.07, 6.45) is 4.46. The van der Waals surface area contributed by atoms with Crippen molar-refractivity contribution in [1.82, 2.24) is 5.32 Å². The molecule has 96 valence electrons. The van der Waals surface area contributed by atoms with Crippen LogP contribution >= 0.6 is 15.9 Å². The number of carbonyl (C=O) groups is 1. The Morgan fingerprint density at radius 1 is 1.44 bits per heavy atom. The number of phenolic OH excluding ortho intramolecular Hbond substituents is 1. The van der Waals surface area contributed by atoms with Gasteiger partial charge in [0, 0.05) is 23.0 Å². The number of phenols is 1. The molecule has 3 N–H and O–H groups in total. The van der Waals surface area contributed by atoms with Crippen LogP contribution in [0.2, 0.25) is 0 Å². The van der Waals surface area contributed by atoms with Gasteiger partial charge in [-0.15, -0.1) is 0 Å². The fraction of sp³-hybridized carbons (Fsp3) is 0.308. The van der Waals surface area contributed by atoms with Crippen molar-refractivity contribution in [1.29, 1.82) is 0 Å². The van der Waals surface area contributed by atoms with Gasteiger partial charge in [-0.3, -0.25) is 4.79 Å². The minimum absolute atomic E-state index is 0.0532. The number of aliphatic hydroxyl groups excluding tert-OH is 1. The largest absolute Gasteiger partial charge is 0.507 e. The number of amides is 1. The van der Waals surface area contributed by atoms with E-state index in [1.807, 2.05) is 12.2 Å². The molecule has 0 saturated carbocycles. The van der Waals surface area contributed by atoms with Gasteiger partial charge in [0.15, 0.2) is 0 Å². The second kappa shape index (κ2) is 5.54. The van der Waals surface area contributed by atoms with Gasteiger partial charge in [-0.1, -0.05) is 28.1 Å². The van der Waals surface area contributed by atoms with Crippen molar-refractivity contribution in [3.8, 4) is 5.75 Å². The van der Waals surface area contributed by atoms with E-state index in [2.05, 4.69) is 21.2 Å². The average molecular weight is 312 g/mol. The lowest BCUT2D eigenvalue weighted by Crippen LogP contribution is -2.32. The maximum Gasteiger partial charge on any atom is 0.255 e. The summed E-state index contributed by atoms with van der Waals surface area (Å²) >= 11 is 3.22. The fourth-order valence-corrected chi connectivity index (χ4v) is 2.31. The van der Waals surface area contributed by atoms with E-state index in [9.17, 15) is 9.90 Å². The molecule has 4 nitrogen and oxygen atoms in total. The topological polar surface area (TPSA) is 69.6 Å². The molecule has 18 heavy (non-hydrogen) atoms. The van der Waals surface area contributed by atoms with E-state index in [4.69, 9.17) is 5.11 Å². The minimum Gasteiger partial charge on any atom is -0.507 e. The maximum absolute atomic E-state index is 11.9. The number of rotatable bonds is 3. The molecule has 2 atom stereocenters. The Balaban J connectivity index is 2.02. The zero-order valence-corrected chi connectivity index (χ0v) is 11.2. The first-order valence-corrected chi connectivity index (χ1v) is 6.48. The Morgan fingerprint density at radius 3 is 2.83 bits per heavy atom. The van der Waals surface area contributed by atoms with Gasteiger partial charge in [-0.2, -0.15) is 0 Å². The Morgan fingerprint density at radius 2 is 2.22 bits per heavy atom. The summed E-state index contributed by atoms with van der Waals surface area (Å²) in [6, 6.07) is 4.67. The predicted molar refractivity (Wildman–Crippen MR) is 71.4 cm³/mol. The van der Waals surface area contributed by atoms with Gasteiger partial charge < -0.3 is 15.5 Å². The summed E-state index contributed by atoms with van der Waals surface area (Å²) in [6.45, 7) is 0.0897. The van der Waals surface area contributed by atoms with Crippen molar-refractivity contribution >= 4 is 21.8 Å². The highest BCUT2D eigenvalue weighted by atomic mass is 79.9. The fourth-order valence-electron chi connectivity index (χ4n) is 1.96. The lowest BCUT2D eigenvalue weighted by atomic mass is 10.1. The van der Waals surface area contributed by atoms with Crippen LogP contribution in [0.1, 0.15) is 16.8 Å². The summed E-state index contributed by atoms with van der Waals surface area (Å²) in [5.74, 6) is -0.260. The summed E-state index contributed by atoms with van der Waals surface area (Å²) in [7, 11) is 0. The van der Waals surface area contributed by atoms with E-state index in [-0.39, 0.29) is 35.8 Å². The SMILES string of the molecule is O=C(N[C@@H]1C=C[C@H](CO)C1)c1ccc(Br)cc1O. The molecule has 5 heteroatoms. The molecular formula is C13H14BrNO3. The summed E-state index contributed by atoms with van der Waals surface area (Å²) < 4.78 is 0.720. The van der Waals surface area contributed by atoms with Crippen molar-refractivity contribution in [2.24, 2.45) is 5.92 Å². The number of halogens is 1. The van der Waals surface area contributed by atoms with Crippen molar-refractivity contribution < 1.29 is 15.0 Å². The quantitative estimate of drug-likeness (QED) is 0.746. The van der Waals surface area contributed by atoms with Gasteiger partial charge in [0.2, 0.25) is 0 Å². The standard InChI is InChI=1S/C13H14BrNO3/c14-9-2-4-11(12(17)6-9)13(18)15-10-3-1-8(5-10)7-16/h1-4,6,8,10,16-17H,5,7H2,(H,15,18)/t8-,10+/m0/s1. The highest BCUT2D eigenvalue weighted by molar-refractivity contribution is 9.10. The molecule has 1 aromatic carbocycles. The highest BCUT2D eigenvalue weighted by Gasteiger charge is 2.21. The molecule has 1 aromatic rings. The lowest BCUT2D eigenvalue weighted by Gasteiger charge is -2.13. The predicted octanol–water partition coefficient (Wildman–Crippen LogP) is 1.82. The molecule has 0 radical (unpaired) electrons. The van der Waals surface area contributed by atoms with Crippen LogP contribution in [-0.2, 0) is 0 Å². The van der Waals surface area contributed by atoms with Crippen molar-refractivity contribution in [3.05, 3.63) is 40.4 Å². The van der Waals surface area contributed by atoms with Crippen LogP contribution in [0.25, 0.3) is 0 Å². The Bertz CT molecular complexity index is 487. The zero-order chi connectivity index (χ0) is 13.1. The Kier molecular flexibility index (Phi) is 4.04. The van der Waals surface area contributed by atoms with Crippen LogP contribution < -0.4 is 5.32 Å². The minimum atomic E-state index is -0.312. The third-order valence-electron chi connectivity index (χ3n) is 2.93. The van der Waals surface area contributed by atoms with E-state index < -0.39 is 0 Å². The number of aromatic hydroxyl groups is 1. The molecule has 0 saturated heterocycles. The van der Waals surface area contributed by atoms with Gasteiger partial charge in [-0.25, -0.2) is 0 Å². The number of carbonyl (C=O) groups excluding carboxylic acids is 1. The third kappa shape index (κ3) is 2.91. The van der Waals surface area contributed by atoms with Gasteiger partial charge >= 0.3 is 0 Å². The Hall–Kier alpha value is -1.33. The maximum atomic E-state index is 11.9. The third-order valence-corrected chi connectivity index (χ3v) is 3.42. The number of aliphatic hydroxyl groups is 1. The van der Waals surface area contributed by atoms with E-state index in [0.29, 0.717) is 6.42 Å². The zero-order valence-electron chi connectivity index (χ0n) is 9.64. The van der Waals surface area contributed by atoms with Crippen molar-refractivity contribution in [3.63, 3.8) is 0 Å². The molecule has 0 aromatic heterocycles. The summed E-state index contributed by atoms with van der Waals surface area (Å²) in [4.78, 5) is 11.9. The van der Waals surface area contributed by atoms with E-state index in [0.717, 1.165) is 4.47 Å². The molecule has 0 spiro atoms. The second-order valence-electron chi connectivity index (χ2n) is 4.30. The summed E-state index contributed by atoms with van der Waals surface area (Å²) in [5, 5.41) is 21.5. The molecule has 2 rings (SSSR count). The van der Waals surface area contributed by atoms with Gasteiger partial charge in [0.1, 0.15) is 5.75 Å². The first kappa shape index (κ1) is 13.1. The van der Waals surface area contributed by atoms with Crippen molar-refractivity contribution in [2.45, 2.75) is 12.5 Å².